The van der Waals surface area contributed by atoms with E-state index >= 15 is 0 Å². The van der Waals surface area contributed by atoms with Gasteiger partial charge in [-0.05, 0) is 67.6 Å². The van der Waals surface area contributed by atoms with Gasteiger partial charge in [0, 0.05) is 66.5 Å². The highest BCUT2D eigenvalue weighted by molar-refractivity contribution is 6.24. The monoisotopic (exact) mass is 884 g/mol. The Kier molecular flexibility index (Phi) is 10.5. The normalized spacial score (nSPS) is 11.6. The third-order valence-corrected chi connectivity index (χ3v) is 12.9. The molecule has 8 aromatic carbocycles. The maximum absolute atomic E-state index is 5.11. The van der Waals surface area contributed by atoms with Gasteiger partial charge in [-0.2, -0.15) is 0 Å². The molecule has 6 heteroatoms. The maximum Gasteiger partial charge on any atom is 0.160 e. The van der Waals surface area contributed by atoms with Crippen LogP contribution in [0.25, 0.3) is 124 Å². The van der Waals surface area contributed by atoms with Gasteiger partial charge in [0.05, 0.1) is 45.0 Å². The molecule has 0 radical (unpaired) electrons. The Morgan fingerprint density at radius 3 is 1.22 bits per heavy atom. The molecule has 12 aromatic rings. The van der Waals surface area contributed by atoms with Crippen molar-refractivity contribution in [3.05, 3.63) is 242 Å². The van der Waals surface area contributed by atoms with Crippen molar-refractivity contribution in [1.82, 2.24) is 29.1 Å². The Bertz CT molecular complexity index is 3760. The van der Waals surface area contributed by atoms with E-state index in [-0.39, 0.29) is 0 Å². The summed E-state index contributed by atoms with van der Waals surface area (Å²) in [6.07, 6.45) is 6.31. The van der Waals surface area contributed by atoms with Crippen LogP contribution in [-0.4, -0.2) is 29.1 Å². The lowest BCUT2D eigenvalue weighted by Crippen LogP contribution is -1.98. The molecule has 326 valence electrons. The maximum atomic E-state index is 5.11. The number of aromatic nitrogens is 6. The number of rotatable bonds is 10. The molecule has 0 aliphatic carbocycles. The topological polar surface area (TPSA) is 61.4 Å². The van der Waals surface area contributed by atoms with Crippen LogP contribution in [0.3, 0.4) is 0 Å². The van der Waals surface area contributed by atoms with Crippen molar-refractivity contribution >= 4 is 44.9 Å². The van der Waals surface area contributed by atoms with E-state index in [0.717, 1.165) is 101 Å². The number of allylic oxidation sites excluding steroid dienone is 1. The summed E-state index contributed by atoms with van der Waals surface area (Å²) in [4.78, 5) is 20.2. The van der Waals surface area contributed by atoms with Gasteiger partial charge in [0.25, 0.3) is 0 Å². The van der Waals surface area contributed by atoms with Crippen molar-refractivity contribution in [3.8, 4) is 79.2 Å². The predicted molar refractivity (Wildman–Crippen MR) is 286 cm³/mol. The van der Waals surface area contributed by atoms with E-state index in [1.807, 2.05) is 78.9 Å². The van der Waals surface area contributed by atoms with Crippen LogP contribution >= 0.6 is 0 Å². The van der Waals surface area contributed by atoms with Gasteiger partial charge in [-0.25, -0.2) is 19.9 Å². The van der Waals surface area contributed by atoms with Gasteiger partial charge in [-0.3, -0.25) is 0 Å². The lowest BCUT2D eigenvalue weighted by atomic mass is 10.0. The highest BCUT2D eigenvalue weighted by Gasteiger charge is 2.23. The van der Waals surface area contributed by atoms with E-state index in [4.69, 9.17) is 19.9 Å². The number of hydrogen-bond acceptors (Lipinski definition) is 4. The first kappa shape index (κ1) is 41.2. The SMILES string of the molecule is C=Cc1c(/C=C\C)n(-c2ccc(-c3cc(-c4ccccc4)nc(-c4ccccc4)n3)cc2)c2ccc3c(c4ccccc4n3-c3ccc(-c4cc(-c5ccccc5)nc(-c5ccccc5)n4)cc3)c12. The van der Waals surface area contributed by atoms with E-state index in [0.29, 0.717) is 11.6 Å². The summed E-state index contributed by atoms with van der Waals surface area (Å²) in [6, 6.07) is 75.9. The fourth-order valence-corrected chi connectivity index (χ4v) is 9.67. The summed E-state index contributed by atoms with van der Waals surface area (Å²) in [7, 11) is 0. The minimum Gasteiger partial charge on any atom is -0.309 e. The minimum absolute atomic E-state index is 0.693. The molecule has 0 unspecified atom stereocenters. The third kappa shape index (κ3) is 7.41. The van der Waals surface area contributed by atoms with Gasteiger partial charge in [-0.1, -0.05) is 183 Å². The Morgan fingerprint density at radius 1 is 0.377 bits per heavy atom. The average Bonchev–Trinajstić information content (AvgIpc) is 3.94. The third-order valence-electron chi connectivity index (χ3n) is 12.9. The smallest absolute Gasteiger partial charge is 0.160 e. The minimum atomic E-state index is 0.693. The quantitative estimate of drug-likeness (QED) is 0.137. The summed E-state index contributed by atoms with van der Waals surface area (Å²) in [5.74, 6) is 1.39. The Morgan fingerprint density at radius 2 is 0.768 bits per heavy atom. The van der Waals surface area contributed by atoms with E-state index in [1.54, 1.807) is 0 Å². The van der Waals surface area contributed by atoms with Gasteiger partial charge < -0.3 is 9.13 Å². The molecule has 0 atom stereocenters. The molecule has 6 nitrogen and oxygen atoms in total. The number of nitrogens with zero attached hydrogens (tertiary/aromatic N) is 6. The zero-order valence-corrected chi connectivity index (χ0v) is 37.9. The standard InChI is InChI=1S/C63H44N6/c1-3-19-56-50(4-2)60-58(68(56)48-34-30-44(31-35-48)54-40-52(42-20-9-5-10-21-42)64-62(66-54)46-24-13-7-14-25-46)38-39-59-61(60)51-28-17-18-29-57(51)69(59)49-36-32-45(33-37-49)55-41-53(43-22-11-6-12-23-43)65-63(67-55)47-26-15-8-16-27-47/h3-41H,2H2,1H3/b19-3-. The van der Waals surface area contributed by atoms with Crippen LogP contribution < -0.4 is 0 Å². The molecular formula is C63H44N6. The fraction of sp³-hybridized carbons (Fsp3) is 0.0159. The number of para-hydroxylation sites is 1. The van der Waals surface area contributed by atoms with Crippen molar-refractivity contribution in [2.45, 2.75) is 6.92 Å². The molecule has 0 bridgehead atoms. The average molecular weight is 885 g/mol. The van der Waals surface area contributed by atoms with Crippen LogP contribution in [0, 0.1) is 0 Å². The largest absolute Gasteiger partial charge is 0.309 e. The van der Waals surface area contributed by atoms with Gasteiger partial charge in [0.1, 0.15) is 0 Å². The molecule has 0 saturated carbocycles. The van der Waals surface area contributed by atoms with Crippen molar-refractivity contribution in [1.29, 1.82) is 0 Å². The van der Waals surface area contributed by atoms with Gasteiger partial charge in [0.2, 0.25) is 0 Å². The van der Waals surface area contributed by atoms with E-state index in [2.05, 4.69) is 180 Å². The summed E-state index contributed by atoms with van der Waals surface area (Å²) in [6.45, 7) is 6.48. The summed E-state index contributed by atoms with van der Waals surface area (Å²) < 4.78 is 4.73. The van der Waals surface area contributed by atoms with Crippen LogP contribution in [0.1, 0.15) is 18.2 Å². The molecule has 12 rings (SSSR count). The number of fused-ring (bicyclic) bond motifs is 5. The summed E-state index contributed by atoms with van der Waals surface area (Å²) in [5, 5.41) is 3.51. The zero-order valence-electron chi connectivity index (χ0n) is 37.9. The van der Waals surface area contributed by atoms with Gasteiger partial charge in [0.15, 0.2) is 11.6 Å². The molecule has 0 saturated heterocycles. The van der Waals surface area contributed by atoms with Crippen molar-refractivity contribution in [2.24, 2.45) is 0 Å². The molecule has 0 amide bonds. The summed E-state index contributed by atoms with van der Waals surface area (Å²) in [5.41, 5.74) is 17.2. The molecule has 69 heavy (non-hydrogen) atoms. The molecule has 0 fully saturated rings. The van der Waals surface area contributed by atoms with Crippen molar-refractivity contribution in [2.75, 3.05) is 0 Å². The fourth-order valence-electron chi connectivity index (χ4n) is 9.67. The molecule has 0 spiro atoms. The van der Waals surface area contributed by atoms with Gasteiger partial charge >= 0.3 is 0 Å². The molecule has 0 aliphatic rings. The second-order valence-electron chi connectivity index (χ2n) is 17.0. The van der Waals surface area contributed by atoms with Gasteiger partial charge in [-0.15, -0.1) is 0 Å². The molecule has 0 aliphatic heterocycles. The van der Waals surface area contributed by atoms with Crippen LogP contribution in [-0.2, 0) is 0 Å². The second-order valence-corrected chi connectivity index (χ2v) is 17.0. The van der Waals surface area contributed by atoms with Crippen molar-refractivity contribution in [3.63, 3.8) is 0 Å². The van der Waals surface area contributed by atoms with E-state index < -0.39 is 0 Å². The first-order valence-corrected chi connectivity index (χ1v) is 23.2. The van der Waals surface area contributed by atoms with E-state index in [1.165, 1.54) is 10.8 Å². The van der Waals surface area contributed by atoms with Crippen LogP contribution in [0.4, 0.5) is 0 Å². The number of benzene rings is 8. The van der Waals surface area contributed by atoms with Crippen LogP contribution in [0.5, 0.6) is 0 Å². The Labute approximate surface area is 400 Å². The highest BCUT2D eigenvalue weighted by Crippen LogP contribution is 2.43. The van der Waals surface area contributed by atoms with Crippen LogP contribution in [0.15, 0.2) is 231 Å². The number of hydrogen-bond donors (Lipinski definition) is 0. The molecule has 4 aromatic heterocycles. The van der Waals surface area contributed by atoms with Crippen molar-refractivity contribution < 1.29 is 0 Å². The lowest BCUT2D eigenvalue weighted by molar-refractivity contribution is 1.10. The summed E-state index contributed by atoms with van der Waals surface area (Å²) >= 11 is 0. The first-order chi connectivity index (χ1) is 34.1. The molecule has 0 N–H and O–H groups in total. The predicted octanol–water partition coefficient (Wildman–Crippen LogP) is 16.0. The second kappa shape index (κ2) is 17.5. The highest BCUT2D eigenvalue weighted by atomic mass is 15.0. The zero-order chi connectivity index (χ0) is 46.3. The first-order valence-electron chi connectivity index (χ1n) is 23.2. The molecular weight excluding hydrogens is 841 g/mol. The Balaban J connectivity index is 0.975. The van der Waals surface area contributed by atoms with Crippen LogP contribution in [0.2, 0.25) is 0 Å². The molecule has 4 heterocycles. The van der Waals surface area contributed by atoms with E-state index in [9.17, 15) is 0 Å². The lowest BCUT2D eigenvalue weighted by Gasteiger charge is -2.12. The Hall–Kier alpha value is -9.26.